The van der Waals surface area contributed by atoms with Gasteiger partial charge in [-0.3, -0.25) is 0 Å². The summed E-state index contributed by atoms with van der Waals surface area (Å²) >= 11 is 0. The van der Waals surface area contributed by atoms with Gasteiger partial charge in [0.2, 0.25) is 0 Å². The monoisotopic (exact) mass is 252 g/mol. The molecule has 0 amide bonds. The van der Waals surface area contributed by atoms with Crippen molar-refractivity contribution in [3.63, 3.8) is 0 Å². The van der Waals surface area contributed by atoms with Gasteiger partial charge in [-0.15, -0.1) is 0 Å². The molecule has 0 unspecified atom stereocenters. The van der Waals surface area contributed by atoms with E-state index >= 15 is 0 Å². The van der Waals surface area contributed by atoms with Crippen molar-refractivity contribution < 1.29 is 14.6 Å². The molecule has 0 spiro atoms. The topological polar surface area (TPSA) is 38.7 Å². The van der Waals surface area contributed by atoms with Crippen LogP contribution in [0.2, 0.25) is 0 Å². The molecule has 0 bridgehead atoms. The number of aliphatic hydroxyl groups is 1. The molecule has 3 nitrogen and oxygen atoms in total. The fourth-order valence-electron chi connectivity index (χ4n) is 1.59. The number of hydrogen-bond acceptors (Lipinski definition) is 3. The average Bonchev–Trinajstić information content (AvgIpc) is 2.42. The smallest absolute Gasteiger partial charge is 0.0716 e. The number of ether oxygens (including phenoxy) is 2. The maximum Gasteiger partial charge on any atom is 0.0716 e. The van der Waals surface area contributed by atoms with Gasteiger partial charge in [0.05, 0.1) is 6.61 Å². The van der Waals surface area contributed by atoms with Gasteiger partial charge in [0.25, 0.3) is 0 Å². The van der Waals surface area contributed by atoms with Crippen molar-refractivity contribution in [3.8, 4) is 0 Å². The first-order valence-electron chi connectivity index (χ1n) is 6.74. The minimum atomic E-state index is 0.261. The Morgan fingerprint density at radius 2 is 1.39 bits per heavy atom. The lowest BCUT2D eigenvalue weighted by Gasteiger charge is -2.05. The van der Waals surface area contributed by atoms with Gasteiger partial charge < -0.3 is 14.6 Å². The van der Waals surface area contributed by atoms with Gasteiger partial charge in [-0.1, -0.05) is 30.3 Å². The van der Waals surface area contributed by atoms with E-state index in [1.54, 1.807) is 0 Å². The maximum absolute atomic E-state index is 8.59. The Bertz CT molecular complexity index is 274. The Labute approximate surface area is 110 Å². The normalized spacial score (nSPS) is 10.7. The van der Waals surface area contributed by atoms with Gasteiger partial charge in [-0.05, 0) is 31.2 Å². The van der Waals surface area contributed by atoms with Crippen molar-refractivity contribution in [2.24, 2.45) is 0 Å². The summed E-state index contributed by atoms with van der Waals surface area (Å²) < 4.78 is 11.0. The van der Waals surface area contributed by atoms with E-state index in [9.17, 15) is 0 Å². The molecule has 0 fully saturated rings. The van der Waals surface area contributed by atoms with Crippen molar-refractivity contribution in [3.05, 3.63) is 35.9 Å². The molecule has 1 aromatic rings. The van der Waals surface area contributed by atoms with Gasteiger partial charge in [0, 0.05) is 26.4 Å². The molecule has 0 aliphatic rings. The van der Waals surface area contributed by atoms with Crippen LogP contribution in [-0.2, 0) is 16.1 Å². The lowest BCUT2D eigenvalue weighted by atomic mass is 10.2. The summed E-state index contributed by atoms with van der Waals surface area (Å²) in [5.74, 6) is 0. The molecule has 0 aliphatic heterocycles. The third kappa shape index (κ3) is 8.23. The summed E-state index contributed by atoms with van der Waals surface area (Å²) in [7, 11) is 0. The average molecular weight is 252 g/mol. The second-order valence-corrected chi connectivity index (χ2v) is 4.29. The minimum Gasteiger partial charge on any atom is -0.396 e. The molecule has 18 heavy (non-hydrogen) atoms. The number of rotatable bonds is 11. The third-order valence-electron chi connectivity index (χ3n) is 2.64. The zero-order valence-corrected chi connectivity index (χ0v) is 11.0. The zero-order valence-electron chi connectivity index (χ0n) is 11.0. The lowest BCUT2D eigenvalue weighted by molar-refractivity contribution is 0.0928. The molecule has 1 N–H and O–H groups in total. The molecule has 0 radical (unpaired) electrons. The summed E-state index contributed by atoms with van der Waals surface area (Å²) in [5.41, 5.74) is 1.22. The highest BCUT2D eigenvalue weighted by Gasteiger charge is 1.93. The van der Waals surface area contributed by atoms with Crippen molar-refractivity contribution >= 4 is 0 Å². The molecule has 3 heteroatoms. The number of unbranched alkanes of at least 4 members (excludes halogenated alkanes) is 2. The van der Waals surface area contributed by atoms with Gasteiger partial charge in [-0.2, -0.15) is 0 Å². The van der Waals surface area contributed by atoms with Crippen molar-refractivity contribution in [1.82, 2.24) is 0 Å². The fraction of sp³-hybridized carbons (Fsp3) is 0.600. The summed E-state index contributed by atoms with van der Waals surface area (Å²) in [6, 6.07) is 10.2. The Hall–Kier alpha value is -0.900. The summed E-state index contributed by atoms with van der Waals surface area (Å²) in [5, 5.41) is 8.59. The molecule has 0 atom stereocenters. The lowest BCUT2D eigenvalue weighted by Crippen LogP contribution is -2.01. The largest absolute Gasteiger partial charge is 0.396 e. The molecule has 1 rings (SSSR count). The predicted octanol–water partition coefficient (Wildman–Crippen LogP) is 2.77. The Balaban J connectivity index is 1.82. The predicted molar refractivity (Wildman–Crippen MR) is 72.5 cm³/mol. The molecule has 0 saturated carbocycles. The third-order valence-corrected chi connectivity index (χ3v) is 2.64. The van der Waals surface area contributed by atoms with E-state index in [1.807, 2.05) is 18.2 Å². The van der Waals surface area contributed by atoms with E-state index < -0.39 is 0 Å². The van der Waals surface area contributed by atoms with E-state index in [1.165, 1.54) is 5.56 Å². The van der Waals surface area contributed by atoms with Crippen LogP contribution in [0.5, 0.6) is 0 Å². The number of benzene rings is 1. The highest BCUT2D eigenvalue weighted by atomic mass is 16.5. The van der Waals surface area contributed by atoms with Crippen molar-refractivity contribution in [2.45, 2.75) is 32.3 Å². The van der Waals surface area contributed by atoms with Crippen LogP contribution >= 0.6 is 0 Å². The Kier molecular flexibility index (Phi) is 9.44. The van der Waals surface area contributed by atoms with Crippen LogP contribution in [0, 0.1) is 0 Å². The van der Waals surface area contributed by atoms with Gasteiger partial charge in [-0.25, -0.2) is 0 Å². The summed E-state index contributed by atoms with van der Waals surface area (Å²) in [6.07, 6.45) is 3.85. The molecule has 0 aliphatic carbocycles. The van der Waals surface area contributed by atoms with Crippen molar-refractivity contribution in [2.75, 3.05) is 26.4 Å². The molecule has 0 saturated heterocycles. The Morgan fingerprint density at radius 1 is 0.778 bits per heavy atom. The first-order chi connectivity index (χ1) is 8.93. The quantitative estimate of drug-likeness (QED) is 0.615. The molecule has 0 heterocycles. The van der Waals surface area contributed by atoms with E-state index in [4.69, 9.17) is 14.6 Å². The highest BCUT2D eigenvalue weighted by Crippen LogP contribution is 2.01. The highest BCUT2D eigenvalue weighted by molar-refractivity contribution is 5.13. The van der Waals surface area contributed by atoms with Crippen LogP contribution in [0.3, 0.4) is 0 Å². The second kappa shape index (κ2) is 11.2. The van der Waals surface area contributed by atoms with Crippen molar-refractivity contribution in [1.29, 1.82) is 0 Å². The zero-order chi connectivity index (χ0) is 12.9. The van der Waals surface area contributed by atoms with Gasteiger partial charge >= 0.3 is 0 Å². The minimum absolute atomic E-state index is 0.261. The fourth-order valence-corrected chi connectivity index (χ4v) is 1.59. The van der Waals surface area contributed by atoms with Gasteiger partial charge in [0.1, 0.15) is 0 Å². The number of aliphatic hydroxyl groups excluding tert-OH is 1. The maximum atomic E-state index is 8.59. The summed E-state index contributed by atoms with van der Waals surface area (Å²) in [6.45, 7) is 3.29. The van der Waals surface area contributed by atoms with Crippen LogP contribution in [0.15, 0.2) is 30.3 Å². The second-order valence-electron chi connectivity index (χ2n) is 4.29. The first kappa shape index (κ1) is 15.2. The van der Waals surface area contributed by atoms with Crippen LogP contribution in [0.1, 0.15) is 31.2 Å². The number of hydrogen-bond donors (Lipinski definition) is 1. The molecular formula is C15H24O3. The van der Waals surface area contributed by atoms with Crippen LogP contribution in [0.25, 0.3) is 0 Å². The van der Waals surface area contributed by atoms with E-state index in [-0.39, 0.29) is 6.61 Å². The van der Waals surface area contributed by atoms with E-state index in [0.29, 0.717) is 6.61 Å². The van der Waals surface area contributed by atoms with Gasteiger partial charge in [0.15, 0.2) is 0 Å². The van der Waals surface area contributed by atoms with E-state index in [2.05, 4.69) is 12.1 Å². The molecule has 0 aromatic heterocycles. The SMILES string of the molecule is OCCCCOCCCCOCc1ccccc1. The molecule has 102 valence electrons. The van der Waals surface area contributed by atoms with Crippen LogP contribution in [-0.4, -0.2) is 31.5 Å². The van der Waals surface area contributed by atoms with Crippen LogP contribution < -0.4 is 0 Å². The standard InChI is InChI=1S/C15H24O3/c16-10-4-5-11-17-12-6-7-13-18-14-15-8-2-1-3-9-15/h1-3,8-9,16H,4-7,10-14H2. The first-order valence-corrected chi connectivity index (χ1v) is 6.74. The van der Waals surface area contributed by atoms with E-state index in [0.717, 1.165) is 45.5 Å². The summed E-state index contributed by atoms with van der Waals surface area (Å²) in [4.78, 5) is 0. The molecule has 1 aromatic carbocycles. The van der Waals surface area contributed by atoms with Crippen LogP contribution in [0.4, 0.5) is 0 Å². The molecular weight excluding hydrogens is 228 g/mol. The Morgan fingerprint density at radius 3 is 2.06 bits per heavy atom.